The van der Waals surface area contributed by atoms with Gasteiger partial charge >= 0.3 is 0 Å². The van der Waals surface area contributed by atoms with E-state index in [1.54, 1.807) is 7.11 Å². The standard InChI is InChI=1S/C28H27ClN4OS/c1-18-15-22(19(2)32(18)17-20-9-5-4-6-10-20)27-26(24-11-7-8-14-30-24)31-28(35)33(27)21-12-13-25(34-3)23(29)16-21/h4-16,26-27H,17H2,1-3H3,(H,31,35). The van der Waals surface area contributed by atoms with Crippen LogP contribution in [0.5, 0.6) is 5.75 Å². The van der Waals surface area contributed by atoms with Gasteiger partial charge in [0, 0.05) is 29.8 Å². The van der Waals surface area contributed by atoms with E-state index < -0.39 is 0 Å². The lowest BCUT2D eigenvalue weighted by molar-refractivity contribution is 0.415. The van der Waals surface area contributed by atoms with Gasteiger partial charge in [0.15, 0.2) is 5.11 Å². The van der Waals surface area contributed by atoms with E-state index in [-0.39, 0.29) is 12.1 Å². The summed E-state index contributed by atoms with van der Waals surface area (Å²) in [4.78, 5) is 6.82. The Morgan fingerprint density at radius 2 is 1.80 bits per heavy atom. The summed E-state index contributed by atoms with van der Waals surface area (Å²) in [5.41, 5.74) is 6.72. The number of hydrogen-bond acceptors (Lipinski definition) is 3. The van der Waals surface area contributed by atoms with Crippen molar-refractivity contribution in [2.24, 2.45) is 0 Å². The van der Waals surface area contributed by atoms with Gasteiger partial charge in [-0.2, -0.15) is 0 Å². The molecule has 1 aliphatic rings. The molecule has 2 unspecified atom stereocenters. The van der Waals surface area contributed by atoms with Crippen LogP contribution in [-0.2, 0) is 6.54 Å². The first-order chi connectivity index (χ1) is 17.0. The quantitative estimate of drug-likeness (QED) is 0.309. The molecule has 7 heteroatoms. The predicted octanol–water partition coefficient (Wildman–Crippen LogP) is 6.39. The van der Waals surface area contributed by atoms with Gasteiger partial charge in [-0.1, -0.05) is 48.0 Å². The van der Waals surface area contributed by atoms with Crippen LogP contribution in [-0.4, -0.2) is 21.8 Å². The van der Waals surface area contributed by atoms with Crippen molar-refractivity contribution in [1.29, 1.82) is 0 Å². The first kappa shape index (κ1) is 23.4. The van der Waals surface area contributed by atoms with Crippen molar-refractivity contribution in [3.63, 3.8) is 0 Å². The number of hydrogen-bond donors (Lipinski definition) is 1. The van der Waals surface area contributed by atoms with E-state index in [0.717, 1.165) is 17.9 Å². The fourth-order valence-electron chi connectivity index (χ4n) is 4.89. The fraction of sp³-hybridized carbons (Fsp3) is 0.214. The number of aryl methyl sites for hydroxylation is 1. The molecular formula is C28H27ClN4OS. The lowest BCUT2D eigenvalue weighted by Gasteiger charge is -2.28. The zero-order valence-corrected chi connectivity index (χ0v) is 21.5. The van der Waals surface area contributed by atoms with Crippen LogP contribution in [0.1, 0.15) is 40.3 Å². The summed E-state index contributed by atoms with van der Waals surface area (Å²) in [6, 6.07) is 24.3. The molecule has 0 aliphatic carbocycles. The molecule has 178 valence electrons. The number of halogens is 1. The molecule has 1 N–H and O–H groups in total. The monoisotopic (exact) mass is 502 g/mol. The van der Waals surface area contributed by atoms with E-state index in [1.807, 2.05) is 48.7 Å². The average molecular weight is 503 g/mol. The van der Waals surface area contributed by atoms with Crippen LogP contribution in [0.15, 0.2) is 79.0 Å². The molecule has 35 heavy (non-hydrogen) atoms. The topological polar surface area (TPSA) is 42.3 Å². The van der Waals surface area contributed by atoms with Crippen LogP contribution in [0.2, 0.25) is 5.02 Å². The van der Waals surface area contributed by atoms with Crippen LogP contribution >= 0.6 is 23.8 Å². The number of benzene rings is 2. The van der Waals surface area contributed by atoms with E-state index in [1.165, 1.54) is 22.5 Å². The Morgan fingerprint density at radius 1 is 1.03 bits per heavy atom. The van der Waals surface area contributed by atoms with Gasteiger partial charge in [0.1, 0.15) is 5.75 Å². The first-order valence-corrected chi connectivity index (χ1v) is 12.3. The second kappa shape index (κ2) is 9.72. The van der Waals surface area contributed by atoms with Gasteiger partial charge in [-0.05, 0) is 73.6 Å². The summed E-state index contributed by atoms with van der Waals surface area (Å²) in [5, 5.41) is 4.71. The number of nitrogens with zero attached hydrogens (tertiary/aromatic N) is 3. The number of methoxy groups -OCH3 is 1. The molecule has 5 rings (SSSR count). The van der Waals surface area contributed by atoms with E-state index in [4.69, 9.17) is 28.6 Å². The smallest absolute Gasteiger partial charge is 0.174 e. The van der Waals surface area contributed by atoms with E-state index in [0.29, 0.717) is 15.9 Å². The van der Waals surface area contributed by atoms with E-state index >= 15 is 0 Å². The summed E-state index contributed by atoms with van der Waals surface area (Å²) in [6.45, 7) is 5.15. The number of pyridine rings is 1. The molecule has 4 aromatic rings. The van der Waals surface area contributed by atoms with Crippen LogP contribution in [0, 0.1) is 13.8 Å². The van der Waals surface area contributed by atoms with Gasteiger partial charge in [0.05, 0.1) is 29.9 Å². The van der Waals surface area contributed by atoms with Gasteiger partial charge in [-0.25, -0.2) is 0 Å². The summed E-state index contributed by atoms with van der Waals surface area (Å²) in [6.07, 6.45) is 1.82. The third-order valence-electron chi connectivity index (χ3n) is 6.63. The number of nitrogens with one attached hydrogen (secondary N) is 1. The molecule has 1 aliphatic heterocycles. The summed E-state index contributed by atoms with van der Waals surface area (Å²) in [7, 11) is 1.62. The zero-order chi connectivity index (χ0) is 24.5. The van der Waals surface area contributed by atoms with Gasteiger partial charge in [0.25, 0.3) is 0 Å². The molecule has 2 aromatic carbocycles. The Labute approximate surface area is 216 Å². The van der Waals surface area contributed by atoms with Crippen LogP contribution < -0.4 is 15.0 Å². The Hall–Kier alpha value is -3.35. The van der Waals surface area contributed by atoms with Crippen molar-refractivity contribution in [2.75, 3.05) is 12.0 Å². The normalized spacial score (nSPS) is 17.5. The van der Waals surface area contributed by atoms with E-state index in [2.05, 4.69) is 63.9 Å². The van der Waals surface area contributed by atoms with Gasteiger partial charge < -0.3 is 19.5 Å². The average Bonchev–Trinajstić information content (AvgIpc) is 3.36. The van der Waals surface area contributed by atoms with Crippen molar-refractivity contribution in [3.8, 4) is 5.75 Å². The summed E-state index contributed by atoms with van der Waals surface area (Å²) in [5.74, 6) is 0.632. The third kappa shape index (κ3) is 4.40. The van der Waals surface area contributed by atoms with Gasteiger partial charge in [0.2, 0.25) is 0 Å². The largest absolute Gasteiger partial charge is 0.495 e. The highest BCUT2D eigenvalue weighted by Gasteiger charge is 2.42. The number of rotatable bonds is 6. The lowest BCUT2D eigenvalue weighted by Crippen LogP contribution is -2.29. The predicted molar refractivity (Wildman–Crippen MR) is 145 cm³/mol. The molecule has 1 fully saturated rings. The molecule has 2 aromatic heterocycles. The van der Waals surface area contributed by atoms with Crippen LogP contribution in [0.3, 0.4) is 0 Å². The third-order valence-corrected chi connectivity index (χ3v) is 7.24. The number of thiocarbonyl (C=S) groups is 1. The van der Waals surface area contributed by atoms with E-state index in [9.17, 15) is 0 Å². The Bertz CT molecular complexity index is 1360. The highest BCUT2D eigenvalue weighted by molar-refractivity contribution is 7.80. The minimum Gasteiger partial charge on any atom is -0.495 e. The van der Waals surface area contributed by atoms with Crippen LogP contribution in [0.4, 0.5) is 5.69 Å². The molecule has 0 bridgehead atoms. The molecule has 0 amide bonds. The maximum Gasteiger partial charge on any atom is 0.174 e. The van der Waals surface area contributed by atoms with Crippen molar-refractivity contribution in [2.45, 2.75) is 32.5 Å². The maximum atomic E-state index is 6.52. The highest BCUT2D eigenvalue weighted by atomic mass is 35.5. The summed E-state index contributed by atoms with van der Waals surface area (Å²) >= 11 is 12.4. The highest BCUT2D eigenvalue weighted by Crippen LogP contribution is 2.44. The van der Waals surface area contributed by atoms with Crippen molar-refractivity contribution in [3.05, 3.63) is 112 Å². The molecule has 5 nitrogen and oxygen atoms in total. The number of ether oxygens (including phenoxy) is 1. The molecule has 0 saturated carbocycles. The maximum absolute atomic E-state index is 6.52. The van der Waals surface area contributed by atoms with Gasteiger partial charge in [-0.3, -0.25) is 4.98 Å². The number of aromatic nitrogens is 2. The minimum absolute atomic E-state index is 0.0995. The Kier molecular flexibility index (Phi) is 6.50. The summed E-state index contributed by atoms with van der Waals surface area (Å²) < 4.78 is 7.74. The Morgan fingerprint density at radius 3 is 2.49 bits per heavy atom. The van der Waals surface area contributed by atoms with Crippen molar-refractivity contribution >= 4 is 34.6 Å². The molecule has 0 spiro atoms. The molecule has 1 saturated heterocycles. The molecular weight excluding hydrogens is 476 g/mol. The lowest BCUT2D eigenvalue weighted by atomic mass is 9.96. The minimum atomic E-state index is -0.116. The van der Waals surface area contributed by atoms with Gasteiger partial charge in [-0.15, -0.1) is 0 Å². The van der Waals surface area contributed by atoms with Crippen molar-refractivity contribution in [1.82, 2.24) is 14.9 Å². The molecule has 2 atom stereocenters. The second-order valence-corrected chi connectivity index (χ2v) is 9.51. The van der Waals surface area contributed by atoms with Crippen LogP contribution in [0.25, 0.3) is 0 Å². The van der Waals surface area contributed by atoms with Crippen molar-refractivity contribution < 1.29 is 4.74 Å². The zero-order valence-electron chi connectivity index (χ0n) is 19.9. The first-order valence-electron chi connectivity index (χ1n) is 11.5. The molecule has 0 radical (unpaired) electrons. The SMILES string of the molecule is COc1ccc(N2C(=S)NC(c3ccccn3)C2c2cc(C)n(Cc3ccccc3)c2C)cc1Cl. The number of anilines is 1. The molecule has 3 heterocycles. The fourth-order valence-corrected chi connectivity index (χ4v) is 5.49. The Balaban J connectivity index is 1.62. The second-order valence-electron chi connectivity index (χ2n) is 8.71.